The van der Waals surface area contributed by atoms with Crippen LogP contribution in [0.5, 0.6) is 0 Å². The number of fused-ring (bicyclic) bond motifs is 8. The maximum atomic E-state index is 6.45. The van der Waals surface area contributed by atoms with Crippen LogP contribution in [-0.4, -0.2) is 4.98 Å². The lowest BCUT2D eigenvalue weighted by Crippen LogP contribution is -2.15. The van der Waals surface area contributed by atoms with Crippen LogP contribution in [0.25, 0.3) is 55.1 Å². The van der Waals surface area contributed by atoms with Crippen molar-refractivity contribution in [2.45, 2.75) is 19.3 Å². The zero-order chi connectivity index (χ0) is 30.1. The van der Waals surface area contributed by atoms with E-state index in [4.69, 9.17) is 9.40 Å². The van der Waals surface area contributed by atoms with Gasteiger partial charge in [0.25, 0.3) is 0 Å². The van der Waals surface area contributed by atoms with Crippen LogP contribution < -0.4 is 4.90 Å². The second-order valence-electron chi connectivity index (χ2n) is 12.4. The number of pyridine rings is 1. The van der Waals surface area contributed by atoms with E-state index in [0.29, 0.717) is 0 Å². The Hall–Kier alpha value is -5.67. The minimum absolute atomic E-state index is 0.0972. The van der Waals surface area contributed by atoms with Crippen molar-refractivity contribution in [1.29, 1.82) is 0 Å². The Kier molecular flexibility index (Phi) is 5.54. The fraction of sp³-hybridized carbons (Fsp3) is 0.0714. The Balaban J connectivity index is 1.15. The van der Waals surface area contributed by atoms with Crippen LogP contribution in [0.2, 0.25) is 0 Å². The maximum absolute atomic E-state index is 6.45. The molecule has 0 bridgehead atoms. The number of furan rings is 1. The van der Waals surface area contributed by atoms with E-state index in [9.17, 15) is 0 Å². The van der Waals surface area contributed by atoms with Gasteiger partial charge in [0.2, 0.25) is 0 Å². The van der Waals surface area contributed by atoms with Crippen molar-refractivity contribution >= 4 is 49.8 Å². The van der Waals surface area contributed by atoms with Crippen LogP contribution in [0.4, 0.5) is 17.1 Å². The Morgan fingerprint density at radius 1 is 0.600 bits per heavy atom. The SMILES string of the molecule is CC1(C)c2cc(-c3ccc(N(c4ccccc4)c4cccc5c4oc4ccccc45)cn3)ccc2-c2c1ccc1ccccc21. The zero-order valence-electron chi connectivity index (χ0n) is 25.2. The van der Waals surface area contributed by atoms with Gasteiger partial charge in [0.05, 0.1) is 23.3 Å². The van der Waals surface area contributed by atoms with Crippen LogP contribution in [0.3, 0.4) is 0 Å². The molecule has 0 amide bonds. The molecule has 3 nitrogen and oxygen atoms in total. The van der Waals surface area contributed by atoms with Crippen LogP contribution in [0.15, 0.2) is 150 Å². The smallest absolute Gasteiger partial charge is 0.159 e. The van der Waals surface area contributed by atoms with Crippen LogP contribution >= 0.6 is 0 Å². The van der Waals surface area contributed by atoms with Gasteiger partial charge >= 0.3 is 0 Å². The molecule has 0 saturated carbocycles. The molecule has 0 atom stereocenters. The molecule has 1 aliphatic carbocycles. The monoisotopic (exact) mass is 578 g/mol. The molecule has 45 heavy (non-hydrogen) atoms. The minimum atomic E-state index is -0.0972. The highest BCUT2D eigenvalue weighted by molar-refractivity contribution is 6.10. The van der Waals surface area contributed by atoms with Gasteiger partial charge < -0.3 is 9.32 Å². The first-order valence-electron chi connectivity index (χ1n) is 15.5. The number of benzene rings is 6. The summed E-state index contributed by atoms with van der Waals surface area (Å²) in [4.78, 5) is 7.27. The lowest BCUT2D eigenvalue weighted by molar-refractivity contribution is 0.661. The highest BCUT2D eigenvalue weighted by Gasteiger charge is 2.36. The summed E-state index contributed by atoms with van der Waals surface area (Å²) in [6, 6.07) is 49.4. The van der Waals surface area contributed by atoms with E-state index in [1.807, 2.05) is 24.4 Å². The average Bonchev–Trinajstić information content (AvgIpc) is 3.58. The lowest BCUT2D eigenvalue weighted by Gasteiger charge is -2.25. The number of rotatable bonds is 4. The molecule has 8 aromatic rings. The summed E-state index contributed by atoms with van der Waals surface area (Å²) in [7, 11) is 0. The van der Waals surface area contributed by atoms with Crippen molar-refractivity contribution in [3.63, 3.8) is 0 Å². The molecule has 6 aromatic carbocycles. The molecular formula is C42H30N2O. The van der Waals surface area contributed by atoms with E-state index in [-0.39, 0.29) is 5.41 Å². The molecule has 214 valence electrons. The van der Waals surface area contributed by atoms with Gasteiger partial charge in [-0.25, -0.2) is 0 Å². The van der Waals surface area contributed by atoms with Crippen molar-refractivity contribution in [2.24, 2.45) is 0 Å². The van der Waals surface area contributed by atoms with Gasteiger partial charge in [0, 0.05) is 27.4 Å². The molecule has 1 aliphatic rings. The third-order valence-electron chi connectivity index (χ3n) is 9.51. The largest absolute Gasteiger partial charge is 0.454 e. The molecular weight excluding hydrogens is 548 g/mol. The summed E-state index contributed by atoms with van der Waals surface area (Å²) < 4.78 is 6.45. The molecule has 0 aliphatic heterocycles. The van der Waals surface area contributed by atoms with Gasteiger partial charge in [0.15, 0.2) is 5.58 Å². The minimum Gasteiger partial charge on any atom is -0.454 e. The summed E-state index contributed by atoms with van der Waals surface area (Å²) in [5.41, 5.74) is 12.1. The summed E-state index contributed by atoms with van der Waals surface area (Å²) in [6.45, 7) is 4.67. The molecule has 2 aromatic heterocycles. The van der Waals surface area contributed by atoms with Gasteiger partial charge in [0.1, 0.15) is 5.58 Å². The third kappa shape index (κ3) is 3.87. The van der Waals surface area contributed by atoms with Crippen LogP contribution in [0, 0.1) is 0 Å². The fourth-order valence-electron chi connectivity index (χ4n) is 7.27. The molecule has 2 heterocycles. The second kappa shape index (κ2) is 9.67. The van der Waals surface area contributed by atoms with Crippen molar-refractivity contribution in [1.82, 2.24) is 4.98 Å². The Morgan fingerprint density at radius 2 is 1.38 bits per heavy atom. The first kappa shape index (κ1) is 25.8. The van der Waals surface area contributed by atoms with Gasteiger partial charge in [-0.3, -0.25) is 4.98 Å². The third-order valence-corrected chi connectivity index (χ3v) is 9.51. The number of para-hydroxylation sites is 3. The van der Waals surface area contributed by atoms with E-state index in [0.717, 1.165) is 50.3 Å². The van der Waals surface area contributed by atoms with Crippen LogP contribution in [-0.2, 0) is 5.41 Å². The Labute approximate surface area is 262 Å². The zero-order valence-corrected chi connectivity index (χ0v) is 25.2. The van der Waals surface area contributed by atoms with Crippen molar-refractivity contribution in [2.75, 3.05) is 4.90 Å². The van der Waals surface area contributed by atoms with E-state index < -0.39 is 0 Å². The quantitative estimate of drug-likeness (QED) is 0.208. The summed E-state index contributed by atoms with van der Waals surface area (Å²) >= 11 is 0. The van der Waals surface area contributed by atoms with Crippen LogP contribution in [0.1, 0.15) is 25.0 Å². The van der Waals surface area contributed by atoms with Gasteiger partial charge in [-0.15, -0.1) is 0 Å². The number of hydrogen-bond donors (Lipinski definition) is 0. The van der Waals surface area contributed by atoms with Gasteiger partial charge in [-0.05, 0) is 75.5 Å². The molecule has 0 saturated heterocycles. The molecule has 0 radical (unpaired) electrons. The van der Waals surface area contributed by atoms with E-state index in [1.54, 1.807) is 0 Å². The number of nitrogens with zero attached hydrogens (tertiary/aromatic N) is 2. The molecule has 9 rings (SSSR count). The average molecular weight is 579 g/mol. The van der Waals surface area contributed by atoms with E-state index in [2.05, 4.69) is 140 Å². The standard InChI is InChI=1S/C42H30N2O/c1-42(2)35-23-20-27-11-6-7-14-31(27)40(35)34-22-19-28(25-36(34)42)37-24-21-30(26-43-37)44(29-12-4-3-5-13-29)38-17-10-16-33-32-15-8-9-18-39(32)45-41(33)38/h3-26H,1-2H3. The van der Waals surface area contributed by atoms with E-state index >= 15 is 0 Å². The normalized spacial score (nSPS) is 13.3. The predicted molar refractivity (Wildman–Crippen MR) is 187 cm³/mol. The van der Waals surface area contributed by atoms with Crippen molar-refractivity contribution < 1.29 is 4.42 Å². The van der Waals surface area contributed by atoms with Gasteiger partial charge in [-0.1, -0.05) is 111 Å². The van der Waals surface area contributed by atoms with Gasteiger partial charge in [-0.2, -0.15) is 0 Å². The first-order valence-corrected chi connectivity index (χ1v) is 15.5. The first-order chi connectivity index (χ1) is 22.1. The Bertz CT molecular complexity index is 2400. The van der Waals surface area contributed by atoms with Crippen molar-refractivity contribution in [3.05, 3.63) is 157 Å². The number of aromatic nitrogens is 1. The topological polar surface area (TPSA) is 29.3 Å². The van der Waals surface area contributed by atoms with E-state index in [1.165, 1.54) is 33.0 Å². The summed E-state index contributed by atoms with van der Waals surface area (Å²) in [5, 5.41) is 4.81. The highest BCUT2D eigenvalue weighted by atomic mass is 16.3. The molecule has 0 unspecified atom stereocenters. The highest BCUT2D eigenvalue weighted by Crippen LogP contribution is 2.52. The number of anilines is 3. The summed E-state index contributed by atoms with van der Waals surface area (Å²) in [6.07, 6.45) is 1.98. The Morgan fingerprint density at radius 3 is 2.22 bits per heavy atom. The lowest BCUT2D eigenvalue weighted by atomic mass is 9.81. The predicted octanol–water partition coefficient (Wildman–Crippen LogP) is 11.6. The molecule has 3 heteroatoms. The van der Waals surface area contributed by atoms with Crippen molar-refractivity contribution in [3.8, 4) is 22.4 Å². The maximum Gasteiger partial charge on any atom is 0.159 e. The summed E-state index contributed by atoms with van der Waals surface area (Å²) in [5.74, 6) is 0. The molecule has 0 spiro atoms. The molecule has 0 fully saturated rings. The fourth-order valence-corrected chi connectivity index (χ4v) is 7.27. The second-order valence-corrected chi connectivity index (χ2v) is 12.4. The molecule has 0 N–H and O–H groups in total. The number of hydrogen-bond acceptors (Lipinski definition) is 3.